The van der Waals surface area contributed by atoms with E-state index in [1.54, 1.807) is 0 Å². The molecule has 0 radical (unpaired) electrons. The standard InChI is InChI=1S/C14H15ClFNO4/c15-11-8-10(16)2-1-9(11)7-12(18)17-5-3-14(21,4-6-17)13(19)20/h1-2,8,21H,3-7H2,(H,19,20). The lowest BCUT2D eigenvalue weighted by atomic mass is 9.91. The molecule has 5 nitrogen and oxygen atoms in total. The average Bonchev–Trinajstić information content (AvgIpc) is 2.42. The third-order valence-corrected chi connectivity index (χ3v) is 4.05. The predicted octanol–water partition coefficient (Wildman–Crippen LogP) is 1.46. The van der Waals surface area contributed by atoms with Crippen LogP contribution < -0.4 is 0 Å². The first-order chi connectivity index (χ1) is 9.82. The summed E-state index contributed by atoms with van der Waals surface area (Å²) >= 11 is 5.87. The number of aliphatic hydroxyl groups is 1. The maximum absolute atomic E-state index is 12.9. The van der Waals surface area contributed by atoms with Crippen LogP contribution in [0.4, 0.5) is 4.39 Å². The summed E-state index contributed by atoms with van der Waals surface area (Å²) in [7, 11) is 0. The number of likely N-dealkylation sites (tertiary alicyclic amines) is 1. The number of carbonyl (C=O) groups excluding carboxylic acids is 1. The predicted molar refractivity (Wildman–Crippen MR) is 73.5 cm³/mol. The fraction of sp³-hybridized carbons (Fsp3) is 0.429. The van der Waals surface area contributed by atoms with Crippen LogP contribution in [0.25, 0.3) is 0 Å². The van der Waals surface area contributed by atoms with Gasteiger partial charge in [-0.3, -0.25) is 4.79 Å². The zero-order valence-electron chi connectivity index (χ0n) is 11.2. The summed E-state index contributed by atoms with van der Waals surface area (Å²) in [6.07, 6.45) is 0.00105. The molecule has 0 aliphatic carbocycles. The lowest BCUT2D eigenvalue weighted by molar-refractivity contribution is -0.165. The molecule has 1 aliphatic rings. The summed E-state index contributed by atoms with van der Waals surface area (Å²) in [6, 6.07) is 3.82. The fourth-order valence-electron chi connectivity index (χ4n) is 2.28. The average molecular weight is 316 g/mol. The molecule has 21 heavy (non-hydrogen) atoms. The molecule has 0 aromatic heterocycles. The smallest absolute Gasteiger partial charge is 0.335 e. The van der Waals surface area contributed by atoms with Crippen LogP contribution in [0.15, 0.2) is 18.2 Å². The Kier molecular flexibility index (Phi) is 4.49. The van der Waals surface area contributed by atoms with Gasteiger partial charge in [0.05, 0.1) is 6.42 Å². The zero-order valence-corrected chi connectivity index (χ0v) is 11.9. The minimum absolute atomic E-state index is 0.00871. The molecule has 0 unspecified atom stereocenters. The van der Waals surface area contributed by atoms with Gasteiger partial charge in [-0.15, -0.1) is 0 Å². The molecule has 7 heteroatoms. The maximum Gasteiger partial charge on any atom is 0.335 e. The number of hydrogen-bond donors (Lipinski definition) is 2. The van der Waals surface area contributed by atoms with E-state index in [1.807, 2.05) is 0 Å². The summed E-state index contributed by atoms with van der Waals surface area (Å²) in [6.45, 7) is 0.334. The Labute approximate surface area is 125 Å². The van der Waals surface area contributed by atoms with Crippen molar-refractivity contribution in [2.45, 2.75) is 24.9 Å². The molecule has 2 N–H and O–H groups in total. The number of carbonyl (C=O) groups is 2. The third-order valence-electron chi connectivity index (χ3n) is 3.70. The molecule has 1 saturated heterocycles. The summed E-state index contributed by atoms with van der Waals surface area (Å²) in [4.78, 5) is 24.5. The molecule has 1 aromatic carbocycles. The molecule has 0 saturated carbocycles. The van der Waals surface area contributed by atoms with Crippen molar-refractivity contribution < 1.29 is 24.2 Å². The Bertz CT molecular complexity index is 570. The van der Waals surface area contributed by atoms with Gasteiger partial charge in [-0.2, -0.15) is 0 Å². The van der Waals surface area contributed by atoms with Crippen LogP contribution in [-0.4, -0.2) is 45.7 Å². The van der Waals surface area contributed by atoms with Crippen molar-refractivity contribution in [1.82, 2.24) is 4.90 Å². The van der Waals surface area contributed by atoms with E-state index in [0.717, 1.165) is 6.07 Å². The SMILES string of the molecule is O=C(Cc1ccc(F)cc1Cl)N1CCC(O)(C(=O)O)CC1. The fourth-order valence-corrected chi connectivity index (χ4v) is 2.51. The van der Waals surface area contributed by atoms with Gasteiger partial charge in [0.15, 0.2) is 5.60 Å². The number of halogens is 2. The van der Waals surface area contributed by atoms with Crippen LogP contribution in [-0.2, 0) is 16.0 Å². The van der Waals surface area contributed by atoms with Crippen LogP contribution in [0, 0.1) is 5.82 Å². The number of piperidine rings is 1. The van der Waals surface area contributed by atoms with E-state index in [9.17, 15) is 19.1 Å². The quantitative estimate of drug-likeness (QED) is 0.885. The first kappa shape index (κ1) is 15.7. The van der Waals surface area contributed by atoms with Crippen molar-refractivity contribution in [3.8, 4) is 0 Å². The Balaban J connectivity index is 1.98. The second-order valence-electron chi connectivity index (χ2n) is 5.13. The van der Waals surface area contributed by atoms with Gasteiger partial charge in [-0.25, -0.2) is 9.18 Å². The number of carboxylic acid groups (broad SMARTS) is 1. The highest BCUT2D eigenvalue weighted by atomic mass is 35.5. The van der Waals surface area contributed by atoms with Crippen molar-refractivity contribution in [3.05, 3.63) is 34.6 Å². The lowest BCUT2D eigenvalue weighted by Crippen LogP contribution is -2.51. The van der Waals surface area contributed by atoms with Crippen molar-refractivity contribution >= 4 is 23.5 Å². The molecule has 0 atom stereocenters. The van der Waals surface area contributed by atoms with E-state index >= 15 is 0 Å². The minimum atomic E-state index is -1.76. The third kappa shape index (κ3) is 3.51. The van der Waals surface area contributed by atoms with Crippen LogP contribution in [0.5, 0.6) is 0 Å². The second-order valence-corrected chi connectivity index (χ2v) is 5.54. The van der Waals surface area contributed by atoms with Gasteiger partial charge >= 0.3 is 5.97 Å². The second kappa shape index (κ2) is 5.99. The normalized spacial score (nSPS) is 17.6. The molecule has 1 heterocycles. The van der Waals surface area contributed by atoms with Crippen LogP contribution >= 0.6 is 11.6 Å². The number of aliphatic carboxylic acids is 1. The highest BCUT2D eigenvalue weighted by molar-refractivity contribution is 6.31. The monoisotopic (exact) mass is 315 g/mol. The van der Waals surface area contributed by atoms with Gasteiger partial charge in [0, 0.05) is 31.0 Å². The molecule has 1 aromatic rings. The molecule has 2 rings (SSSR count). The van der Waals surface area contributed by atoms with Gasteiger partial charge in [0.2, 0.25) is 5.91 Å². The molecular formula is C14H15ClFNO4. The molecule has 1 fully saturated rings. The van der Waals surface area contributed by atoms with E-state index in [4.69, 9.17) is 16.7 Å². The molecule has 0 bridgehead atoms. The Morgan fingerprint density at radius 3 is 2.48 bits per heavy atom. The highest BCUT2D eigenvalue weighted by Crippen LogP contribution is 2.24. The Hall–Kier alpha value is -1.66. The first-order valence-corrected chi connectivity index (χ1v) is 6.87. The van der Waals surface area contributed by atoms with Crippen LogP contribution in [0.1, 0.15) is 18.4 Å². The number of amides is 1. The zero-order chi connectivity index (χ0) is 15.6. The number of hydrogen-bond acceptors (Lipinski definition) is 3. The number of benzene rings is 1. The topological polar surface area (TPSA) is 77.8 Å². The Morgan fingerprint density at radius 1 is 1.33 bits per heavy atom. The van der Waals surface area contributed by atoms with Crippen molar-refractivity contribution in [2.75, 3.05) is 13.1 Å². The summed E-state index contributed by atoms with van der Waals surface area (Å²) in [5, 5.41) is 18.9. The van der Waals surface area contributed by atoms with E-state index in [0.29, 0.717) is 5.56 Å². The van der Waals surface area contributed by atoms with Gasteiger partial charge in [-0.1, -0.05) is 17.7 Å². The lowest BCUT2D eigenvalue weighted by Gasteiger charge is -2.35. The first-order valence-electron chi connectivity index (χ1n) is 6.49. The minimum Gasteiger partial charge on any atom is -0.479 e. The van der Waals surface area contributed by atoms with Gasteiger partial charge < -0.3 is 15.1 Å². The molecule has 0 spiro atoms. The molecule has 1 aliphatic heterocycles. The van der Waals surface area contributed by atoms with Crippen LogP contribution in [0.3, 0.4) is 0 Å². The number of carboxylic acids is 1. The number of rotatable bonds is 3. The number of nitrogens with zero attached hydrogens (tertiary/aromatic N) is 1. The van der Waals surface area contributed by atoms with Crippen molar-refractivity contribution in [2.24, 2.45) is 0 Å². The van der Waals surface area contributed by atoms with E-state index in [-0.39, 0.29) is 43.3 Å². The van der Waals surface area contributed by atoms with Gasteiger partial charge in [0.25, 0.3) is 0 Å². The highest BCUT2D eigenvalue weighted by Gasteiger charge is 2.40. The van der Waals surface area contributed by atoms with Gasteiger partial charge in [0.1, 0.15) is 5.82 Å². The van der Waals surface area contributed by atoms with Crippen LogP contribution in [0.2, 0.25) is 5.02 Å². The van der Waals surface area contributed by atoms with Gasteiger partial charge in [-0.05, 0) is 17.7 Å². The van der Waals surface area contributed by atoms with E-state index in [2.05, 4.69) is 0 Å². The summed E-state index contributed by atoms with van der Waals surface area (Å²) < 4.78 is 12.9. The summed E-state index contributed by atoms with van der Waals surface area (Å²) in [5.41, 5.74) is -1.24. The van der Waals surface area contributed by atoms with E-state index < -0.39 is 17.4 Å². The van der Waals surface area contributed by atoms with E-state index in [1.165, 1.54) is 17.0 Å². The molecular weight excluding hydrogens is 301 g/mol. The van der Waals surface area contributed by atoms with Crippen molar-refractivity contribution in [1.29, 1.82) is 0 Å². The Morgan fingerprint density at radius 2 is 1.95 bits per heavy atom. The van der Waals surface area contributed by atoms with Crippen molar-refractivity contribution in [3.63, 3.8) is 0 Å². The largest absolute Gasteiger partial charge is 0.479 e. The maximum atomic E-state index is 12.9. The molecule has 1 amide bonds. The summed E-state index contributed by atoms with van der Waals surface area (Å²) in [5.74, 6) is -1.96. The molecule has 114 valence electrons.